The number of rotatable bonds is 3. The molecule has 0 radical (unpaired) electrons. The van der Waals surface area contributed by atoms with Gasteiger partial charge in [-0.05, 0) is 56.9 Å². The molecular weight excluding hydrogens is 234 g/mol. The summed E-state index contributed by atoms with van der Waals surface area (Å²) in [6.07, 6.45) is 2.79. The molecule has 2 rings (SSSR count). The predicted molar refractivity (Wildman–Crippen MR) is 73.8 cm³/mol. The molecule has 0 unspecified atom stereocenters. The van der Waals surface area contributed by atoms with Gasteiger partial charge in [0.05, 0.1) is 6.10 Å². The first-order valence-corrected chi connectivity index (χ1v) is 6.06. The second kappa shape index (κ2) is 6.39. The van der Waals surface area contributed by atoms with Gasteiger partial charge in [-0.25, -0.2) is 0 Å². The summed E-state index contributed by atoms with van der Waals surface area (Å²) < 4.78 is 0. The van der Waals surface area contributed by atoms with Crippen LogP contribution >= 0.6 is 12.4 Å². The lowest BCUT2D eigenvalue weighted by atomic mass is 9.80. The van der Waals surface area contributed by atoms with Crippen molar-refractivity contribution >= 4 is 12.4 Å². The van der Waals surface area contributed by atoms with E-state index >= 15 is 0 Å². The van der Waals surface area contributed by atoms with E-state index in [-0.39, 0.29) is 18.5 Å². The van der Waals surface area contributed by atoms with Crippen LogP contribution in [-0.4, -0.2) is 36.8 Å². The molecule has 1 aromatic rings. The van der Waals surface area contributed by atoms with Crippen LogP contribution in [0.3, 0.4) is 0 Å². The van der Waals surface area contributed by atoms with E-state index < -0.39 is 0 Å². The third-order valence-electron chi connectivity index (χ3n) is 3.52. The zero-order valence-corrected chi connectivity index (χ0v) is 11.4. The number of hydrogen-bond donors (Lipinski definition) is 1. The molecule has 0 aromatic heterocycles. The Kier molecular flexibility index (Phi) is 5.44. The van der Waals surface area contributed by atoms with Crippen LogP contribution in [0.15, 0.2) is 24.3 Å². The summed E-state index contributed by atoms with van der Waals surface area (Å²) in [7, 11) is 4.17. The van der Waals surface area contributed by atoms with Crippen LogP contribution in [-0.2, 0) is 12.8 Å². The molecule has 1 aliphatic rings. The van der Waals surface area contributed by atoms with E-state index in [1.807, 2.05) is 0 Å². The van der Waals surface area contributed by atoms with Gasteiger partial charge in [-0.15, -0.1) is 12.4 Å². The molecule has 1 aliphatic carbocycles. The molecule has 0 spiro atoms. The van der Waals surface area contributed by atoms with E-state index in [1.165, 1.54) is 11.1 Å². The Morgan fingerprint density at radius 3 is 2.35 bits per heavy atom. The summed E-state index contributed by atoms with van der Waals surface area (Å²) in [5.41, 5.74) is 2.76. The van der Waals surface area contributed by atoms with E-state index in [0.29, 0.717) is 5.92 Å². The van der Waals surface area contributed by atoms with E-state index in [1.54, 1.807) is 0 Å². The van der Waals surface area contributed by atoms with Crippen molar-refractivity contribution in [3.05, 3.63) is 35.4 Å². The summed E-state index contributed by atoms with van der Waals surface area (Å²) in [5, 5.41) is 10.1. The second-order valence-corrected chi connectivity index (χ2v) is 5.10. The molecule has 3 heteroatoms. The van der Waals surface area contributed by atoms with Crippen molar-refractivity contribution in [1.82, 2.24) is 4.90 Å². The summed E-state index contributed by atoms with van der Waals surface area (Å²) >= 11 is 0. The number of hydrogen-bond acceptors (Lipinski definition) is 2. The maximum atomic E-state index is 10.1. The summed E-state index contributed by atoms with van der Waals surface area (Å²) in [5.74, 6) is 0.428. The normalized spacial score (nSPS) is 23.1. The minimum Gasteiger partial charge on any atom is -0.392 e. The van der Waals surface area contributed by atoms with Crippen LogP contribution in [0.2, 0.25) is 0 Å². The molecule has 96 valence electrons. The van der Waals surface area contributed by atoms with Crippen molar-refractivity contribution in [2.45, 2.75) is 25.4 Å². The van der Waals surface area contributed by atoms with E-state index in [9.17, 15) is 5.11 Å². The first-order chi connectivity index (χ1) is 7.66. The fourth-order valence-electron chi connectivity index (χ4n) is 2.48. The molecule has 2 nitrogen and oxygen atoms in total. The molecule has 0 aliphatic heterocycles. The Hall–Kier alpha value is -0.570. The van der Waals surface area contributed by atoms with Crippen LogP contribution < -0.4 is 0 Å². The molecule has 1 aromatic carbocycles. The van der Waals surface area contributed by atoms with Crippen LogP contribution in [0.1, 0.15) is 17.5 Å². The summed E-state index contributed by atoms with van der Waals surface area (Å²) in [6.45, 7) is 1.06. The Balaban J connectivity index is 0.00000144. The number of halogens is 1. The van der Waals surface area contributed by atoms with Crippen LogP contribution in [0.25, 0.3) is 0 Å². The van der Waals surface area contributed by atoms with Crippen LogP contribution in [0.4, 0.5) is 0 Å². The Morgan fingerprint density at radius 2 is 1.76 bits per heavy atom. The van der Waals surface area contributed by atoms with Gasteiger partial charge in [0.1, 0.15) is 0 Å². The fourth-order valence-corrected chi connectivity index (χ4v) is 2.48. The highest BCUT2D eigenvalue weighted by atomic mass is 35.5. The van der Waals surface area contributed by atoms with Crippen molar-refractivity contribution in [1.29, 1.82) is 0 Å². The first-order valence-electron chi connectivity index (χ1n) is 6.06. The number of aliphatic hydroxyl groups is 1. The molecular formula is C14H22ClNO. The van der Waals surface area contributed by atoms with E-state index in [4.69, 9.17) is 0 Å². The van der Waals surface area contributed by atoms with Gasteiger partial charge in [0.25, 0.3) is 0 Å². The van der Waals surface area contributed by atoms with E-state index in [2.05, 4.69) is 43.3 Å². The van der Waals surface area contributed by atoms with Gasteiger partial charge < -0.3 is 10.0 Å². The third-order valence-corrected chi connectivity index (χ3v) is 3.52. The smallest absolute Gasteiger partial charge is 0.0612 e. The van der Waals surface area contributed by atoms with Crippen LogP contribution in [0, 0.1) is 5.92 Å². The van der Waals surface area contributed by atoms with Crippen molar-refractivity contribution in [2.75, 3.05) is 20.6 Å². The topological polar surface area (TPSA) is 23.5 Å². The number of benzene rings is 1. The van der Waals surface area contributed by atoms with Crippen molar-refractivity contribution in [3.8, 4) is 0 Å². The predicted octanol–water partition coefficient (Wildman–Crippen LogP) is 2.14. The first kappa shape index (κ1) is 14.5. The fraction of sp³-hybridized carbons (Fsp3) is 0.571. The molecule has 0 saturated heterocycles. The average Bonchev–Trinajstić information content (AvgIpc) is 2.26. The minimum absolute atomic E-state index is 0. The number of nitrogens with zero attached hydrogens (tertiary/aromatic N) is 1. The Labute approximate surface area is 110 Å². The highest BCUT2D eigenvalue weighted by Crippen LogP contribution is 2.27. The highest BCUT2D eigenvalue weighted by Gasteiger charge is 2.26. The second-order valence-electron chi connectivity index (χ2n) is 5.10. The molecule has 0 amide bonds. The maximum absolute atomic E-state index is 10.1. The van der Waals surface area contributed by atoms with Gasteiger partial charge in [0.15, 0.2) is 0 Å². The maximum Gasteiger partial charge on any atom is 0.0612 e. The van der Waals surface area contributed by atoms with Crippen molar-refractivity contribution in [3.63, 3.8) is 0 Å². The van der Waals surface area contributed by atoms with Gasteiger partial charge in [-0.3, -0.25) is 0 Å². The largest absolute Gasteiger partial charge is 0.392 e. The highest BCUT2D eigenvalue weighted by molar-refractivity contribution is 5.85. The van der Waals surface area contributed by atoms with E-state index in [0.717, 1.165) is 25.8 Å². The Bertz CT molecular complexity index is 354. The third kappa shape index (κ3) is 3.70. The standard InChI is InChI=1S/C14H21NO.ClH/c1-15(2)8-7-13-9-11-5-3-4-6-12(11)10-14(13)16;/h3-6,13-14,16H,7-10H2,1-2H3;1H/t13-,14-;/m1./s1. The minimum atomic E-state index is -0.158. The molecule has 1 N–H and O–H groups in total. The molecule has 0 heterocycles. The molecule has 2 atom stereocenters. The molecule has 17 heavy (non-hydrogen) atoms. The van der Waals surface area contributed by atoms with Gasteiger partial charge in [0, 0.05) is 0 Å². The summed E-state index contributed by atoms with van der Waals surface area (Å²) in [4.78, 5) is 2.19. The molecule has 0 bridgehead atoms. The number of fused-ring (bicyclic) bond motifs is 1. The van der Waals surface area contributed by atoms with Gasteiger partial charge >= 0.3 is 0 Å². The zero-order chi connectivity index (χ0) is 11.5. The Morgan fingerprint density at radius 1 is 1.18 bits per heavy atom. The lowest BCUT2D eigenvalue weighted by molar-refractivity contribution is 0.0899. The van der Waals surface area contributed by atoms with Gasteiger partial charge in [0.2, 0.25) is 0 Å². The lowest BCUT2D eigenvalue weighted by Gasteiger charge is -2.30. The molecule has 0 fully saturated rings. The summed E-state index contributed by atoms with van der Waals surface area (Å²) in [6, 6.07) is 8.50. The zero-order valence-electron chi connectivity index (χ0n) is 10.6. The lowest BCUT2D eigenvalue weighted by Crippen LogP contribution is -2.32. The SMILES string of the molecule is CN(C)CC[C@@H]1Cc2ccccc2C[C@H]1O.Cl. The van der Waals surface area contributed by atoms with Gasteiger partial charge in [-0.1, -0.05) is 24.3 Å². The molecule has 0 saturated carbocycles. The van der Waals surface area contributed by atoms with Crippen molar-refractivity contribution in [2.24, 2.45) is 5.92 Å². The van der Waals surface area contributed by atoms with Gasteiger partial charge in [-0.2, -0.15) is 0 Å². The quantitative estimate of drug-likeness (QED) is 0.895. The average molecular weight is 256 g/mol. The number of aliphatic hydroxyl groups excluding tert-OH is 1. The van der Waals surface area contributed by atoms with Crippen molar-refractivity contribution < 1.29 is 5.11 Å². The monoisotopic (exact) mass is 255 g/mol. The van der Waals surface area contributed by atoms with Crippen LogP contribution in [0.5, 0.6) is 0 Å².